The van der Waals surface area contributed by atoms with Gasteiger partial charge in [-0.25, -0.2) is 0 Å². The number of likely N-dealkylation sites (tertiary alicyclic amines) is 1. The highest BCUT2D eigenvalue weighted by Gasteiger charge is 2.17. The van der Waals surface area contributed by atoms with Crippen LogP contribution in [0.3, 0.4) is 0 Å². The molecule has 0 aliphatic carbocycles. The van der Waals surface area contributed by atoms with Gasteiger partial charge in [-0.2, -0.15) is 0 Å². The van der Waals surface area contributed by atoms with E-state index in [9.17, 15) is 0 Å². The summed E-state index contributed by atoms with van der Waals surface area (Å²) in [6.45, 7) is 3.56. The molecule has 0 atom stereocenters. The molecule has 1 aromatic heterocycles. The van der Waals surface area contributed by atoms with Crippen molar-refractivity contribution >= 4 is 23.1 Å². The average molecular weight is 297 g/mol. The van der Waals surface area contributed by atoms with Gasteiger partial charge in [0.05, 0.1) is 16.3 Å². The number of pyridine rings is 1. The van der Waals surface area contributed by atoms with Crippen LogP contribution in [0.5, 0.6) is 0 Å². The lowest BCUT2D eigenvalue weighted by Crippen LogP contribution is -2.29. The Morgan fingerprint density at radius 1 is 1.05 bits per heavy atom. The molecule has 2 aromatic rings. The fraction of sp³-hybridized carbons (Fsp3) is 0.353. The first-order chi connectivity index (χ1) is 10.4. The minimum absolute atomic E-state index is 1.07. The van der Waals surface area contributed by atoms with E-state index in [1.54, 1.807) is 11.8 Å². The predicted octanol–water partition coefficient (Wildman–Crippen LogP) is 4.28. The Bertz CT molecular complexity index is 650. The topological polar surface area (TPSA) is 28.2 Å². The van der Waals surface area contributed by atoms with Gasteiger partial charge in [0.2, 0.25) is 0 Å². The summed E-state index contributed by atoms with van der Waals surface area (Å²) in [4.78, 5) is 9.26. The minimum Gasteiger partial charge on any atom is -0.354 e. The predicted molar refractivity (Wildman–Crippen MR) is 87.2 cm³/mol. The molecule has 0 unspecified atom stereocenters. The number of hydrogen-bond donors (Lipinski definition) is 1. The maximum atomic E-state index is 4.20. The molecule has 0 radical (unpaired) electrons. The molecule has 0 bridgehead atoms. The maximum absolute atomic E-state index is 4.20. The Hall–Kier alpha value is -1.52. The molecule has 21 heavy (non-hydrogen) atoms. The molecule has 1 N–H and O–H groups in total. The number of nitrogens with zero attached hydrogens (tertiary/aromatic N) is 2. The van der Waals surface area contributed by atoms with Crippen LogP contribution in [-0.4, -0.2) is 23.0 Å². The summed E-state index contributed by atoms with van der Waals surface area (Å²) in [5, 5.41) is 3.54. The van der Waals surface area contributed by atoms with Gasteiger partial charge < -0.3 is 5.32 Å². The fourth-order valence-electron chi connectivity index (χ4n) is 3.07. The van der Waals surface area contributed by atoms with Crippen molar-refractivity contribution in [2.24, 2.45) is 0 Å². The van der Waals surface area contributed by atoms with Crippen LogP contribution in [0.15, 0.2) is 46.5 Å². The van der Waals surface area contributed by atoms with Gasteiger partial charge in [0.1, 0.15) is 0 Å². The third-order valence-corrected chi connectivity index (χ3v) is 5.29. The summed E-state index contributed by atoms with van der Waals surface area (Å²) < 4.78 is 0. The number of benzene rings is 1. The molecule has 4 heteroatoms. The number of nitrogens with one attached hydrogen (secondary N) is 1. The van der Waals surface area contributed by atoms with Gasteiger partial charge in [-0.15, -0.1) is 0 Å². The van der Waals surface area contributed by atoms with Crippen molar-refractivity contribution in [2.45, 2.75) is 35.6 Å². The van der Waals surface area contributed by atoms with Crippen molar-refractivity contribution in [3.8, 4) is 0 Å². The first kappa shape index (κ1) is 13.2. The summed E-state index contributed by atoms with van der Waals surface area (Å²) in [5.41, 5.74) is 3.80. The highest BCUT2D eigenvalue weighted by atomic mass is 32.2. The van der Waals surface area contributed by atoms with Crippen LogP contribution in [0, 0.1) is 0 Å². The van der Waals surface area contributed by atoms with E-state index < -0.39 is 0 Å². The summed E-state index contributed by atoms with van der Waals surface area (Å²) in [6, 6.07) is 8.86. The molecule has 2 aliphatic heterocycles. The molecule has 108 valence electrons. The molecular formula is C17H19N3S. The number of aromatic nitrogens is 1. The maximum Gasteiger partial charge on any atom is 0.0557 e. The average Bonchev–Trinajstić information content (AvgIpc) is 2.54. The summed E-state index contributed by atoms with van der Waals surface area (Å²) in [6.07, 6.45) is 7.86. The second-order valence-electron chi connectivity index (χ2n) is 5.77. The molecule has 3 nitrogen and oxygen atoms in total. The van der Waals surface area contributed by atoms with Crippen molar-refractivity contribution in [3.63, 3.8) is 0 Å². The Kier molecular flexibility index (Phi) is 3.57. The first-order valence-electron chi connectivity index (χ1n) is 7.63. The minimum atomic E-state index is 1.07. The summed E-state index contributed by atoms with van der Waals surface area (Å²) in [7, 11) is 0. The van der Waals surface area contributed by atoms with E-state index in [2.05, 4.69) is 33.4 Å². The van der Waals surface area contributed by atoms with Gasteiger partial charge in [0.15, 0.2) is 0 Å². The zero-order valence-corrected chi connectivity index (χ0v) is 12.8. The van der Waals surface area contributed by atoms with E-state index in [0.717, 1.165) is 12.2 Å². The van der Waals surface area contributed by atoms with Gasteiger partial charge in [0, 0.05) is 23.8 Å². The molecule has 1 fully saturated rings. The van der Waals surface area contributed by atoms with Crippen LogP contribution < -0.4 is 5.32 Å². The standard InChI is InChI=1S/C17H19N3S/c1-2-8-20(9-3-1)12-13-4-5-16-15(10-13)19-14-6-7-18-11-17(14)21-16/h4-7,10-11,19H,1-3,8-9,12H2. The van der Waals surface area contributed by atoms with E-state index in [-0.39, 0.29) is 0 Å². The van der Waals surface area contributed by atoms with E-state index >= 15 is 0 Å². The van der Waals surface area contributed by atoms with Crippen LogP contribution in [-0.2, 0) is 6.54 Å². The highest BCUT2D eigenvalue weighted by molar-refractivity contribution is 7.99. The molecule has 0 saturated carbocycles. The van der Waals surface area contributed by atoms with Crippen LogP contribution in [0.1, 0.15) is 24.8 Å². The van der Waals surface area contributed by atoms with Crippen LogP contribution >= 0.6 is 11.8 Å². The lowest BCUT2D eigenvalue weighted by atomic mass is 10.1. The lowest BCUT2D eigenvalue weighted by molar-refractivity contribution is 0.221. The Balaban J connectivity index is 1.55. The van der Waals surface area contributed by atoms with Crippen molar-refractivity contribution < 1.29 is 0 Å². The number of anilines is 2. The molecule has 0 spiro atoms. The third-order valence-electron chi connectivity index (χ3n) is 4.17. The van der Waals surface area contributed by atoms with Gasteiger partial charge in [-0.1, -0.05) is 24.2 Å². The molecule has 2 aliphatic rings. The van der Waals surface area contributed by atoms with Gasteiger partial charge in [0.25, 0.3) is 0 Å². The highest BCUT2D eigenvalue weighted by Crippen LogP contribution is 2.43. The zero-order chi connectivity index (χ0) is 14.1. The fourth-order valence-corrected chi connectivity index (χ4v) is 4.00. The smallest absolute Gasteiger partial charge is 0.0557 e. The SMILES string of the molecule is c1cc2c(cn1)Sc1ccc(CN3CCCCC3)cc1N2. The Morgan fingerprint density at radius 3 is 2.86 bits per heavy atom. The molecule has 1 saturated heterocycles. The second-order valence-corrected chi connectivity index (χ2v) is 6.85. The number of piperidine rings is 1. The Labute approximate surface area is 129 Å². The normalized spacial score (nSPS) is 17.7. The summed E-state index contributed by atoms with van der Waals surface area (Å²) in [5.74, 6) is 0. The largest absolute Gasteiger partial charge is 0.354 e. The number of fused-ring (bicyclic) bond motifs is 2. The molecule has 4 rings (SSSR count). The first-order valence-corrected chi connectivity index (χ1v) is 8.44. The van der Waals surface area contributed by atoms with E-state index in [0.29, 0.717) is 0 Å². The molecule has 1 aromatic carbocycles. The molecule has 0 amide bonds. The van der Waals surface area contributed by atoms with Crippen molar-refractivity contribution in [1.29, 1.82) is 0 Å². The second kappa shape index (κ2) is 5.70. The van der Waals surface area contributed by atoms with Crippen LogP contribution in [0.2, 0.25) is 0 Å². The van der Waals surface area contributed by atoms with Crippen LogP contribution in [0.4, 0.5) is 11.4 Å². The van der Waals surface area contributed by atoms with Crippen molar-refractivity contribution in [2.75, 3.05) is 18.4 Å². The lowest BCUT2D eigenvalue weighted by Gasteiger charge is -2.27. The van der Waals surface area contributed by atoms with E-state index in [4.69, 9.17) is 0 Å². The van der Waals surface area contributed by atoms with Crippen molar-refractivity contribution in [1.82, 2.24) is 9.88 Å². The number of rotatable bonds is 2. The van der Waals surface area contributed by atoms with E-state index in [1.807, 2.05) is 18.5 Å². The van der Waals surface area contributed by atoms with E-state index in [1.165, 1.54) is 53.4 Å². The Morgan fingerprint density at radius 2 is 1.95 bits per heavy atom. The molecular weight excluding hydrogens is 278 g/mol. The molecule has 3 heterocycles. The van der Waals surface area contributed by atoms with Gasteiger partial charge in [-0.3, -0.25) is 9.88 Å². The summed E-state index contributed by atoms with van der Waals surface area (Å²) >= 11 is 1.80. The van der Waals surface area contributed by atoms with Gasteiger partial charge >= 0.3 is 0 Å². The monoisotopic (exact) mass is 297 g/mol. The zero-order valence-electron chi connectivity index (χ0n) is 12.0. The van der Waals surface area contributed by atoms with Crippen molar-refractivity contribution in [3.05, 3.63) is 42.2 Å². The number of hydrogen-bond acceptors (Lipinski definition) is 4. The van der Waals surface area contributed by atoms with Crippen LogP contribution in [0.25, 0.3) is 0 Å². The third kappa shape index (κ3) is 2.78. The quantitative estimate of drug-likeness (QED) is 0.764. The van der Waals surface area contributed by atoms with Gasteiger partial charge in [-0.05, 0) is 49.7 Å².